The van der Waals surface area contributed by atoms with Gasteiger partial charge in [0, 0.05) is 18.1 Å². The van der Waals surface area contributed by atoms with Crippen LogP contribution in [0.25, 0.3) is 0 Å². The molecule has 1 aromatic heterocycles. The normalized spacial score (nSPS) is 11.0. The van der Waals surface area contributed by atoms with Gasteiger partial charge in [0.1, 0.15) is 6.54 Å². The number of unbranched alkanes of at least 4 members (excludes halogenated alkanes) is 9. The zero-order chi connectivity index (χ0) is 15.2. The number of aryl methyl sites for hydroxylation is 2. The van der Waals surface area contributed by atoms with Crippen LogP contribution in [0.4, 0.5) is 0 Å². The molecule has 0 fully saturated rings. The van der Waals surface area contributed by atoms with E-state index in [2.05, 4.69) is 42.9 Å². The van der Waals surface area contributed by atoms with Crippen molar-refractivity contribution in [3.63, 3.8) is 0 Å². The number of pyridine rings is 1. The summed E-state index contributed by atoms with van der Waals surface area (Å²) in [4.78, 5) is 0. The highest BCUT2D eigenvalue weighted by Gasteiger charge is 2.02. The van der Waals surface area contributed by atoms with E-state index in [4.69, 9.17) is 0 Å². The molecule has 1 heterocycles. The van der Waals surface area contributed by atoms with Crippen LogP contribution in [0.5, 0.6) is 0 Å². The minimum Gasteiger partial charge on any atom is -0.205 e. The van der Waals surface area contributed by atoms with Crippen LogP contribution in [0.1, 0.15) is 90.0 Å². The van der Waals surface area contributed by atoms with E-state index in [0.29, 0.717) is 0 Å². The predicted octanol–water partition coefficient (Wildman–Crippen LogP) is 5.85. The molecule has 21 heavy (non-hydrogen) atoms. The molecular weight excluding hydrogens is 254 g/mol. The molecule has 0 amide bonds. The predicted molar refractivity (Wildman–Crippen MR) is 92.5 cm³/mol. The maximum Gasteiger partial charge on any atom is 0.171 e. The fourth-order valence-electron chi connectivity index (χ4n) is 2.87. The Morgan fingerprint density at radius 2 is 1.38 bits per heavy atom. The zero-order valence-electron chi connectivity index (χ0n) is 14.4. The van der Waals surface area contributed by atoms with Crippen molar-refractivity contribution in [3.8, 4) is 0 Å². The van der Waals surface area contributed by atoms with Crippen LogP contribution in [0, 0.1) is 0 Å². The van der Waals surface area contributed by atoms with E-state index in [-0.39, 0.29) is 0 Å². The summed E-state index contributed by atoms with van der Waals surface area (Å²) in [5, 5.41) is 0. The number of nitrogens with zero attached hydrogens (tertiary/aromatic N) is 1. The van der Waals surface area contributed by atoms with Gasteiger partial charge >= 0.3 is 0 Å². The van der Waals surface area contributed by atoms with Gasteiger partial charge in [-0.15, -0.1) is 0 Å². The summed E-state index contributed by atoms with van der Waals surface area (Å²) < 4.78 is 2.38. The smallest absolute Gasteiger partial charge is 0.171 e. The molecule has 0 bridgehead atoms. The Balaban J connectivity index is 2.14. The molecule has 1 aromatic rings. The van der Waals surface area contributed by atoms with Crippen molar-refractivity contribution in [1.82, 2.24) is 0 Å². The maximum atomic E-state index is 2.38. The van der Waals surface area contributed by atoms with Crippen molar-refractivity contribution in [1.29, 1.82) is 0 Å². The van der Waals surface area contributed by atoms with Crippen LogP contribution in [-0.2, 0) is 13.0 Å². The van der Waals surface area contributed by atoms with E-state index < -0.39 is 0 Å². The van der Waals surface area contributed by atoms with Crippen molar-refractivity contribution in [2.45, 2.75) is 97.4 Å². The summed E-state index contributed by atoms with van der Waals surface area (Å²) in [6, 6.07) is 4.51. The second kappa shape index (κ2) is 12.9. The summed E-state index contributed by atoms with van der Waals surface area (Å²) in [6.07, 6.45) is 21.0. The van der Waals surface area contributed by atoms with E-state index in [0.717, 1.165) is 0 Å². The van der Waals surface area contributed by atoms with Crippen molar-refractivity contribution < 1.29 is 4.57 Å². The van der Waals surface area contributed by atoms with Gasteiger partial charge in [0.25, 0.3) is 0 Å². The van der Waals surface area contributed by atoms with Crippen LogP contribution >= 0.6 is 0 Å². The lowest BCUT2D eigenvalue weighted by Crippen LogP contribution is -2.33. The Hall–Kier alpha value is -0.850. The summed E-state index contributed by atoms with van der Waals surface area (Å²) >= 11 is 0. The average molecular weight is 291 g/mol. The van der Waals surface area contributed by atoms with Gasteiger partial charge in [0.05, 0.1) is 0 Å². The van der Waals surface area contributed by atoms with Crippen LogP contribution in [0.3, 0.4) is 0 Å². The molecule has 0 saturated heterocycles. The Labute approximate surface area is 132 Å². The fraction of sp³-hybridized carbons (Fsp3) is 0.750. The number of rotatable bonds is 13. The van der Waals surface area contributed by atoms with Gasteiger partial charge in [-0.3, -0.25) is 0 Å². The molecule has 0 aliphatic carbocycles. The number of aromatic nitrogens is 1. The van der Waals surface area contributed by atoms with E-state index in [1.54, 1.807) is 0 Å². The molecule has 1 rings (SSSR count). The highest BCUT2D eigenvalue weighted by molar-refractivity contribution is 5.05. The topological polar surface area (TPSA) is 3.88 Å². The van der Waals surface area contributed by atoms with Crippen molar-refractivity contribution in [3.05, 3.63) is 30.1 Å². The van der Waals surface area contributed by atoms with Crippen LogP contribution in [-0.4, -0.2) is 0 Å². The second-order valence-electron chi connectivity index (χ2n) is 6.38. The molecule has 0 atom stereocenters. The van der Waals surface area contributed by atoms with Gasteiger partial charge in [-0.2, -0.15) is 0 Å². The summed E-state index contributed by atoms with van der Waals surface area (Å²) in [5.41, 5.74) is 1.52. The van der Waals surface area contributed by atoms with Gasteiger partial charge in [-0.25, -0.2) is 4.57 Å². The summed E-state index contributed by atoms with van der Waals surface area (Å²) in [7, 11) is 0. The molecule has 0 radical (unpaired) electrons. The second-order valence-corrected chi connectivity index (χ2v) is 6.38. The summed E-state index contributed by atoms with van der Waals surface area (Å²) in [5.74, 6) is 0. The maximum absolute atomic E-state index is 2.38. The number of hydrogen-bond donors (Lipinski definition) is 0. The Morgan fingerprint density at radius 1 is 0.762 bits per heavy atom. The molecule has 0 unspecified atom stereocenters. The number of hydrogen-bond acceptors (Lipinski definition) is 0. The van der Waals surface area contributed by atoms with E-state index in [1.165, 1.54) is 89.2 Å². The third kappa shape index (κ3) is 9.66. The van der Waals surface area contributed by atoms with Gasteiger partial charge < -0.3 is 0 Å². The van der Waals surface area contributed by atoms with Gasteiger partial charge in [0.15, 0.2) is 12.4 Å². The highest BCUT2D eigenvalue weighted by Crippen LogP contribution is 2.09. The van der Waals surface area contributed by atoms with Crippen LogP contribution in [0.2, 0.25) is 0 Å². The molecule has 120 valence electrons. The Morgan fingerprint density at radius 3 is 2.10 bits per heavy atom. The van der Waals surface area contributed by atoms with Gasteiger partial charge in [-0.05, 0) is 25.3 Å². The molecule has 0 N–H and O–H groups in total. The minimum absolute atomic E-state index is 1.19. The largest absolute Gasteiger partial charge is 0.205 e. The average Bonchev–Trinajstić information content (AvgIpc) is 2.51. The fourth-order valence-corrected chi connectivity index (χ4v) is 2.87. The van der Waals surface area contributed by atoms with Crippen LogP contribution < -0.4 is 4.57 Å². The first kappa shape index (κ1) is 18.2. The van der Waals surface area contributed by atoms with Gasteiger partial charge in [-0.1, -0.05) is 65.2 Å². The first-order valence-corrected chi connectivity index (χ1v) is 9.34. The molecule has 0 aromatic carbocycles. The molecular formula is C20H36N+. The molecule has 1 heteroatoms. The molecule has 0 spiro atoms. The minimum atomic E-state index is 1.19. The van der Waals surface area contributed by atoms with Crippen molar-refractivity contribution in [2.24, 2.45) is 0 Å². The molecule has 1 nitrogen and oxygen atoms in total. The van der Waals surface area contributed by atoms with Crippen molar-refractivity contribution in [2.75, 3.05) is 0 Å². The van der Waals surface area contributed by atoms with Crippen LogP contribution in [0.15, 0.2) is 24.5 Å². The first-order valence-electron chi connectivity index (χ1n) is 9.34. The molecule has 0 aliphatic rings. The lowest BCUT2D eigenvalue weighted by molar-refractivity contribution is -0.697. The zero-order valence-corrected chi connectivity index (χ0v) is 14.4. The summed E-state index contributed by atoms with van der Waals surface area (Å²) in [6.45, 7) is 5.74. The third-order valence-electron chi connectivity index (χ3n) is 4.26. The SMILES string of the molecule is CCCCCCCCCc1ccc[n+](CCCCCC)c1. The standard InChI is InChI=1S/C20H36N/c1-3-5-7-9-10-11-12-15-20-16-14-18-21(19-20)17-13-8-6-4-2/h14,16,18-19H,3-13,15,17H2,1-2H3/q+1. The lowest BCUT2D eigenvalue weighted by Gasteiger charge is -2.02. The van der Waals surface area contributed by atoms with E-state index >= 15 is 0 Å². The van der Waals surface area contributed by atoms with E-state index in [1.807, 2.05) is 0 Å². The monoisotopic (exact) mass is 290 g/mol. The lowest BCUT2D eigenvalue weighted by atomic mass is 10.1. The third-order valence-corrected chi connectivity index (χ3v) is 4.26. The molecule has 0 saturated carbocycles. The van der Waals surface area contributed by atoms with Crippen molar-refractivity contribution >= 4 is 0 Å². The first-order chi connectivity index (χ1) is 10.4. The quantitative estimate of drug-likeness (QED) is 0.317. The Kier molecular flexibility index (Phi) is 11.1. The van der Waals surface area contributed by atoms with E-state index in [9.17, 15) is 0 Å². The van der Waals surface area contributed by atoms with Gasteiger partial charge in [0.2, 0.25) is 0 Å². The highest BCUT2D eigenvalue weighted by atomic mass is 14.9. The Bertz CT molecular complexity index is 345. The molecule has 0 aliphatic heterocycles.